The molecule has 3 aromatic carbocycles. The van der Waals surface area contributed by atoms with Gasteiger partial charge in [0.15, 0.2) is 0 Å². The molecule has 0 bridgehead atoms. The Morgan fingerprint density at radius 1 is 0.877 bits per heavy atom. The highest BCUT2D eigenvalue weighted by Gasteiger charge is 2.19. The topological polar surface area (TPSA) is 161 Å². The maximum absolute atomic E-state index is 12.9. The van der Waals surface area contributed by atoms with E-state index < -0.39 is 6.09 Å². The molecule has 298 valence electrons. The van der Waals surface area contributed by atoms with Crippen molar-refractivity contribution >= 4 is 52.2 Å². The number of anilines is 1. The van der Waals surface area contributed by atoms with Gasteiger partial charge in [0.1, 0.15) is 12.4 Å². The van der Waals surface area contributed by atoms with Gasteiger partial charge in [-0.3, -0.25) is 19.4 Å². The average Bonchev–Trinajstić information content (AvgIpc) is 3.69. The summed E-state index contributed by atoms with van der Waals surface area (Å²) in [5.41, 5.74) is 6.66. The predicted octanol–water partition coefficient (Wildman–Crippen LogP) is 6.24. The van der Waals surface area contributed by atoms with Gasteiger partial charge in [0.25, 0.3) is 0 Å². The number of methoxy groups -OCH3 is 1. The van der Waals surface area contributed by atoms with Gasteiger partial charge in [0.2, 0.25) is 17.7 Å². The fourth-order valence-electron chi connectivity index (χ4n) is 6.32. The number of ether oxygens (including phenoxy) is 1. The number of imidazole rings is 1. The second-order valence-electron chi connectivity index (χ2n) is 13.0. The number of fused-ring (bicyclic) bond motifs is 1. The average molecular weight is 773 g/mol. The van der Waals surface area contributed by atoms with Crippen molar-refractivity contribution in [3.63, 3.8) is 0 Å². The van der Waals surface area contributed by atoms with Gasteiger partial charge >= 0.3 is 6.09 Å². The molecule has 0 aliphatic heterocycles. The quantitative estimate of drug-likeness (QED) is 0.0730. The Hall–Kier alpha value is -6.60. The summed E-state index contributed by atoms with van der Waals surface area (Å²) in [5, 5.41) is 10.4. The highest BCUT2D eigenvalue weighted by molar-refractivity contribution is 6.02. The van der Waals surface area contributed by atoms with Gasteiger partial charge in [0, 0.05) is 60.4 Å². The molecular weight excluding hydrogens is 721 g/mol. The van der Waals surface area contributed by atoms with Gasteiger partial charge in [-0.25, -0.2) is 9.78 Å². The minimum Gasteiger partial charge on any atom is -0.453 e. The fraction of sp³-hybridized carbons (Fsp3) is 0.364. The number of hydrogen-bond acceptors (Lipinski definition) is 8. The smallest absolute Gasteiger partial charge is 0.407 e. The molecule has 1 aromatic heterocycles. The molecule has 1 heterocycles. The van der Waals surface area contributed by atoms with E-state index in [1.54, 1.807) is 43.0 Å². The van der Waals surface area contributed by atoms with Crippen LogP contribution in [0.1, 0.15) is 70.8 Å². The number of nitrogens with zero attached hydrogens (tertiary/aromatic N) is 4. The molecule has 13 nitrogen and oxygen atoms in total. The molecule has 4 aromatic rings. The van der Waals surface area contributed by atoms with Crippen LogP contribution in [0.3, 0.4) is 0 Å². The van der Waals surface area contributed by atoms with Gasteiger partial charge < -0.3 is 35.5 Å². The Bertz CT molecular complexity index is 2200. The zero-order valence-corrected chi connectivity index (χ0v) is 33.9. The minimum atomic E-state index is -0.658. The summed E-state index contributed by atoms with van der Waals surface area (Å²) >= 11 is 0. The number of aliphatic imine (C=N–C) groups is 1. The number of nitrogens with one attached hydrogen (secondary N) is 4. The molecule has 0 radical (unpaired) electrons. The lowest BCUT2D eigenvalue weighted by atomic mass is 9.90. The third kappa shape index (κ3) is 11.5. The Morgan fingerprint density at radius 3 is 2.18 bits per heavy atom. The van der Waals surface area contributed by atoms with E-state index in [2.05, 4.69) is 72.5 Å². The molecule has 0 spiro atoms. The van der Waals surface area contributed by atoms with Crippen LogP contribution >= 0.6 is 0 Å². The Kier molecular flexibility index (Phi) is 16.3. The first kappa shape index (κ1) is 43.1. The van der Waals surface area contributed by atoms with E-state index >= 15 is 0 Å². The zero-order chi connectivity index (χ0) is 41.3. The summed E-state index contributed by atoms with van der Waals surface area (Å²) < 4.78 is 4.57. The van der Waals surface area contributed by atoms with Crippen LogP contribution in [0.4, 0.5) is 16.2 Å². The predicted molar refractivity (Wildman–Crippen MR) is 226 cm³/mol. The lowest BCUT2D eigenvalue weighted by molar-refractivity contribution is -0.133. The van der Waals surface area contributed by atoms with E-state index in [0.717, 1.165) is 68.5 Å². The minimum absolute atomic E-state index is 0.0544. The molecule has 57 heavy (non-hydrogen) atoms. The van der Waals surface area contributed by atoms with E-state index in [9.17, 15) is 19.2 Å². The molecule has 0 atom stereocenters. The summed E-state index contributed by atoms with van der Waals surface area (Å²) in [6.07, 6.45) is 4.63. The summed E-state index contributed by atoms with van der Waals surface area (Å²) in [7, 11) is 3.10. The van der Waals surface area contributed by atoms with Crippen molar-refractivity contribution in [3.8, 4) is 46.1 Å². The highest BCUT2D eigenvalue weighted by atomic mass is 16.5. The van der Waals surface area contributed by atoms with E-state index in [-0.39, 0.29) is 43.9 Å². The van der Waals surface area contributed by atoms with Crippen molar-refractivity contribution in [3.05, 3.63) is 65.6 Å². The van der Waals surface area contributed by atoms with Gasteiger partial charge in [-0.15, -0.1) is 11.8 Å². The van der Waals surface area contributed by atoms with Crippen LogP contribution in [-0.4, -0.2) is 96.7 Å². The van der Waals surface area contributed by atoms with Crippen molar-refractivity contribution in [1.29, 1.82) is 0 Å². The Balaban J connectivity index is 1.65. The van der Waals surface area contributed by atoms with Crippen LogP contribution in [0, 0.1) is 23.7 Å². The number of carbonyl (C=O) groups is 4. The SMILES string of the molecule is CC#Cc1cc(-c2cnc(CN(CCC)C(=O)CNC(=O)CC)[nH]2)cc(C#CC)c1-c1ccc2c(NC)c(/N=C/CN(CCC)C(=O)CNC(=O)OC)ccc2c1. The Labute approximate surface area is 335 Å². The van der Waals surface area contributed by atoms with Crippen molar-refractivity contribution in [2.75, 3.05) is 52.2 Å². The standard InChI is InChI=1S/C44H52N8O5/c1-8-13-31-24-34(37-26-47-38(50-37)29-52(21-11-4)41(55)27-48-39(53)12-5)25-32(14-9-2)42(31)33-15-17-35-30(23-33)16-18-36(43(35)45-6)46-19-22-51(20-10-3)40(54)28-49-44(56)57-7/h15-19,23-26,45H,10-12,20-22,27-29H2,1-7H3,(H,47,50)(H,48,53)(H,49,56)/b46-19+. The second kappa shape index (κ2) is 21.5. The van der Waals surface area contributed by atoms with E-state index in [1.165, 1.54) is 7.11 Å². The van der Waals surface area contributed by atoms with Gasteiger partial charge in [-0.05, 0) is 61.9 Å². The first-order valence-electron chi connectivity index (χ1n) is 19.1. The molecule has 0 saturated carbocycles. The fourth-order valence-corrected chi connectivity index (χ4v) is 6.32. The lowest BCUT2D eigenvalue weighted by Gasteiger charge is -2.21. The molecule has 13 heteroatoms. The number of aromatic amines is 1. The van der Waals surface area contributed by atoms with Gasteiger partial charge in [0.05, 0.1) is 50.0 Å². The van der Waals surface area contributed by atoms with E-state index in [0.29, 0.717) is 25.3 Å². The van der Waals surface area contributed by atoms with Crippen LogP contribution in [-0.2, 0) is 25.7 Å². The molecule has 4 rings (SSSR count). The molecule has 0 aliphatic carbocycles. The molecule has 4 N–H and O–H groups in total. The number of H-pyrrole nitrogens is 1. The zero-order valence-electron chi connectivity index (χ0n) is 33.9. The largest absolute Gasteiger partial charge is 0.453 e. The monoisotopic (exact) mass is 772 g/mol. The van der Waals surface area contributed by atoms with E-state index in [4.69, 9.17) is 4.99 Å². The van der Waals surface area contributed by atoms with E-state index in [1.807, 2.05) is 45.2 Å². The van der Waals surface area contributed by atoms with Crippen molar-refractivity contribution in [2.45, 2.75) is 60.4 Å². The third-order valence-electron chi connectivity index (χ3n) is 9.03. The van der Waals surface area contributed by atoms with Gasteiger partial charge in [-0.2, -0.15) is 0 Å². The van der Waals surface area contributed by atoms with Gasteiger partial charge in [-0.1, -0.05) is 50.8 Å². The first-order valence-corrected chi connectivity index (χ1v) is 19.1. The summed E-state index contributed by atoms with van der Waals surface area (Å²) in [6.45, 7) is 10.7. The maximum Gasteiger partial charge on any atom is 0.407 e. The maximum atomic E-state index is 12.9. The second-order valence-corrected chi connectivity index (χ2v) is 13.0. The number of benzene rings is 3. The van der Waals surface area contributed by atoms with Crippen molar-refractivity contribution in [2.24, 2.45) is 4.99 Å². The Morgan fingerprint density at radius 2 is 1.54 bits per heavy atom. The number of hydrogen-bond donors (Lipinski definition) is 4. The molecule has 0 fully saturated rings. The number of aromatic nitrogens is 2. The third-order valence-corrected chi connectivity index (χ3v) is 9.03. The summed E-state index contributed by atoms with van der Waals surface area (Å²) in [6, 6.07) is 14.2. The van der Waals surface area contributed by atoms with Crippen molar-refractivity contribution in [1.82, 2.24) is 30.4 Å². The normalized spacial score (nSPS) is 10.6. The molecule has 4 amide bonds. The van der Waals surface area contributed by atoms with Crippen molar-refractivity contribution < 1.29 is 23.9 Å². The molecular formula is C44H52N8O5. The number of amides is 4. The summed E-state index contributed by atoms with van der Waals surface area (Å²) in [5.74, 6) is 12.8. The van der Waals surface area contributed by atoms with Crippen LogP contribution in [0.25, 0.3) is 33.2 Å². The number of rotatable bonds is 17. The van der Waals surface area contributed by atoms with Crippen LogP contribution < -0.4 is 16.0 Å². The molecule has 0 unspecified atom stereocenters. The lowest BCUT2D eigenvalue weighted by Crippen LogP contribution is -2.41. The highest BCUT2D eigenvalue weighted by Crippen LogP contribution is 2.38. The summed E-state index contributed by atoms with van der Waals surface area (Å²) in [4.78, 5) is 64.9. The first-order chi connectivity index (χ1) is 27.6. The number of carbonyl (C=O) groups excluding carboxylic acids is 4. The van der Waals surface area contributed by atoms with Crippen LogP contribution in [0.5, 0.6) is 0 Å². The van der Waals surface area contributed by atoms with Crippen LogP contribution in [0.2, 0.25) is 0 Å². The molecule has 0 aliphatic rings. The molecule has 0 saturated heterocycles. The van der Waals surface area contributed by atoms with Crippen LogP contribution in [0.15, 0.2) is 53.7 Å². The number of alkyl carbamates (subject to hydrolysis) is 1.